The third kappa shape index (κ3) is 4.14. The summed E-state index contributed by atoms with van der Waals surface area (Å²) in [6, 6.07) is 11.5. The van der Waals surface area contributed by atoms with Crippen LogP contribution in [0.15, 0.2) is 53.4 Å². The molecule has 0 aromatic heterocycles. The molecule has 136 valence electrons. The van der Waals surface area contributed by atoms with Gasteiger partial charge in [-0.15, -0.1) is 0 Å². The fourth-order valence-electron chi connectivity index (χ4n) is 2.30. The van der Waals surface area contributed by atoms with Crippen LogP contribution in [0.5, 0.6) is 0 Å². The Morgan fingerprint density at radius 1 is 1.19 bits per heavy atom. The smallest absolute Gasteiger partial charge is 0.347 e. The Bertz CT molecular complexity index is 942. The molecule has 3 rings (SSSR count). The minimum Gasteiger partial charge on any atom is -0.463 e. The number of cyclic esters (lactones) is 1. The van der Waals surface area contributed by atoms with Crippen molar-refractivity contribution in [1.82, 2.24) is 0 Å². The first-order valence-electron chi connectivity index (χ1n) is 7.61. The molecule has 0 aliphatic carbocycles. The van der Waals surface area contributed by atoms with E-state index < -0.39 is 28.1 Å². The lowest BCUT2D eigenvalue weighted by Crippen LogP contribution is -2.23. The SMILES string of the molecule is O=C(O[C@@H]1CCOC1=O)c1cccc(S(=O)(=O)Nc2ccc(Cl)cc2)c1. The van der Waals surface area contributed by atoms with Gasteiger partial charge in [-0.3, -0.25) is 4.72 Å². The molecule has 0 spiro atoms. The number of carbonyl (C=O) groups is 2. The molecule has 7 nitrogen and oxygen atoms in total. The Balaban J connectivity index is 1.78. The molecule has 1 fully saturated rings. The lowest BCUT2D eigenvalue weighted by molar-refractivity contribution is -0.145. The summed E-state index contributed by atoms with van der Waals surface area (Å²) >= 11 is 5.77. The van der Waals surface area contributed by atoms with Crippen molar-refractivity contribution < 1.29 is 27.5 Å². The second-order valence-corrected chi connectivity index (χ2v) is 7.61. The first-order chi connectivity index (χ1) is 12.3. The molecule has 0 amide bonds. The molecule has 1 saturated heterocycles. The predicted octanol–water partition coefficient (Wildman–Crippen LogP) is 2.61. The van der Waals surface area contributed by atoms with Crippen LogP contribution in [0.25, 0.3) is 0 Å². The molecular weight excluding hydrogens is 382 g/mol. The molecule has 1 aliphatic heterocycles. The second kappa shape index (κ2) is 7.35. The molecule has 2 aromatic rings. The number of rotatable bonds is 5. The maximum Gasteiger partial charge on any atom is 0.347 e. The normalized spacial score (nSPS) is 16.8. The van der Waals surface area contributed by atoms with E-state index in [0.29, 0.717) is 10.7 Å². The summed E-state index contributed by atoms with van der Waals surface area (Å²) in [6.45, 7) is 0.191. The number of hydrogen-bond acceptors (Lipinski definition) is 6. The van der Waals surface area contributed by atoms with Gasteiger partial charge in [-0.05, 0) is 42.5 Å². The quantitative estimate of drug-likeness (QED) is 0.781. The number of ether oxygens (including phenoxy) is 2. The van der Waals surface area contributed by atoms with E-state index in [1.54, 1.807) is 12.1 Å². The highest BCUT2D eigenvalue weighted by molar-refractivity contribution is 7.92. The highest BCUT2D eigenvalue weighted by atomic mass is 35.5. The minimum absolute atomic E-state index is 0.0173. The lowest BCUT2D eigenvalue weighted by Gasteiger charge is -2.11. The van der Waals surface area contributed by atoms with Crippen LogP contribution >= 0.6 is 11.6 Å². The van der Waals surface area contributed by atoms with E-state index in [9.17, 15) is 18.0 Å². The van der Waals surface area contributed by atoms with Gasteiger partial charge in [-0.1, -0.05) is 17.7 Å². The summed E-state index contributed by atoms with van der Waals surface area (Å²) in [4.78, 5) is 23.4. The standard InChI is InChI=1S/C17H14ClNO6S/c18-12-4-6-13(7-5-12)19-26(22,23)14-3-1-2-11(10-14)16(20)25-15-8-9-24-17(15)21/h1-7,10,15,19H,8-9H2/t15-/m1/s1. The molecular formula is C17H14ClNO6S. The molecule has 1 N–H and O–H groups in total. The third-order valence-electron chi connectivity index (χ3n) is 3.61. The summed E-state index contributed by atoms with van der Waals surface area (Å²) < 4.78 is 37.2. The van der Waals surface area contributed by atoms with Crippen LogP contribution in [-0.2, 0) is 24.3 Å². The van der Waals surface area contributed by atoms with Crippen LogP contribution in [0.1, 0.15) is 16.8 Å². The highest BCUT2D eigenvalue weighted by Crippen LogP contribution is 2.20. The maximum atomic E-state index is 12.5. The number of benzene rings is 2. The summed E-state index contributed by atoms with van der Waals surface area (Å²) in [5.74, 6) is -1.40. The highest BCUT2D eigenvalue weighted by Gasteiger charge is 2.30. The zero-order valence-electron chi connectivity index (χ0n) is 13.3. The third-order valence-corrected chi connectivity index (χ3v) is 5.24. The van der Waals surface area contributed by atoms with E-state index in [0.717, 1.165) is 0 Å². The van der Waals surface area contributed by atoms with Crippen LogP contribution in [0.2, 0.25) is 5.02 Å². The van der Waals surface area contributed by atoms with Gasteiger partial charge in [-0.2, -0.15) is 0 Å². The molecule has 26 heavy (non-hydrogen) atoms. The number of carbonyl (C=O) groups excluding carboxylic acids is 2. The number of anilines is 1. The van der Waals surface area contributed by atoms with Gasteiger partial charge in [0.05, 0.1) is 17.1 Å². The number of sulfonamides is 1. The van der Waals surface area contributed by atoms with Crippen molar-refractivity contribution in [1.29, 1.82) is 0 Å². The van der Waals surface area contributed by atoms with E-state index in [1.807, 2.05) is 0 Å². The van der Waals surface area contributed by atoms with Crippen LogP contribution in [-0.4, -0.2) is 33.1 Å². The van der Waals surface area contributed by atoms with E-state index in [-0.39, 0.29) is 23.5 Å². The van der Waals surface area contributed by atoms with Gasteiger partial charge >= 0.3 is 11.9 Å². The molecule has 1 heterocycles. The maximum absolute atomic E-state index is 12.5. The monoisotopic (exact) mass is 395 g/mol. The zero-order valence-corrected chi connectivity index (χ0v) is 14.9. The van der Waals surface area contributed by atoms with Crippen molar-refractivity contribution in [3.8, 4) is 0 Å². The zero-order chi connectivity index (χ0) is 18.7. The average molecular weight is 396 g/mol. The fraction of sp³-hybridized carbons (Fsp3) is 0.176. The van der Waals surface area contributed by atoms with Crippen molar-refractivity contribution >= 4 is 39.3 Å². The van der Waals surface area contributed by atoms with Crippen molar-refractivity contribution in [2.75, 3.05) is 11.3 Å². The molecule has 0 unspecified atom stereocenters. The van der Waals surface area contributed by atoms with Gasteiger partial charge in [0.25, 0.3) is 10.0 Å². The molecule has 2 aromatic carbocycles. The molecule has 0 saturated carbocycles. The first-order valence-corrected chi connectivity index (χ1v) is 9.47. The van der Waals surface area contributed by atoms with Crippen LogP contribution in [0.3, 0.4) is 0 Å². The molecule has 0 radical (unpaired) electrons. The first kappa shape index (κ1) is 18.2. The topological polar surface area (TPSA) is 98.8 Å². The van der Waals surface area contributed by atoms with Crippen LogP contribution < -0.4 is 4.72 Å². The second-order valence-electron chi connectivity index (χ2n) is 5.49. The number of hydrogen-bond donors (Lipinski definition) is 1. The Hall–Kier alpha value is -2.58. The van der Waals surface area contributed by atoms with Gasteiger partial charge < -0.3 is 9.47 Å². The largest absolute Gasteiger partial charge is 0.463 e. The number of nitrogens with one attached hydrogen (secondary N) is 1. The Labute approximate surface area is 154 Å². The summed E-state index contributed by atoms with van der Waals surface area (Å²) in [5, 5.41) is 0.475. The summed E-state index contributed by atoms with van der Waals surface area (Å²) in [7, 11) is -3.91. The predicted molar refractivity (Wildman–Crippen MR) is 93.5 cm³/mol. The molecule has 0 bridgehead atoms. The van der Waals surface area contributed by atoms with E-state index in [4.69, 9.17) is 21.1 Å². The van der Waals surface area contributed by atoms with Crippen LogP contribution in [0.4, 0.5) is 5.69 Å². The number of esters is 2. The fourth-order valence-corrected chi connectivity index (χ4v) is 3.53. The Morgan fingerprint density at radius 2 is 1.92 bits per heavy atom. The van der Waals surface area contributed by atoms with Gasteiger partial charge in [-0.25, -0.2) is 18.0 Å². The van der Waals surface area contributed by atoms with E-state index in [2.05, 4.69) is 4.72 Å². The van der Waals surface area contributed by atoms with Crippen molar-refractivity contribution in [2.45, 2.75) is 17.4 Å². The Morgan fingerprint density at radius 3 is 2.58 bits per heavy atom. The molecule has 9 heteroatoms. The Kier molecular flexibility index (Phi) is 5.15. The number of halogens is 1. The van der Waals surface area contributed by atoms with Gasteiger partial charge in [0.1, 0.15) is 0 Å². The van der Waals surface area contributed by atoms with Gasteiger partial charge in [0, 0.05) is 17.1 Å². The van der Waals surface area contributed by atoms with Crippen molar-refractivity contribution in [3.05, 3.63) is 59.1 Å². The van der Waals surface area contributed by atoms with Crippen LogP contribution in [0, 0.1) is 0 Å². The van der Waals surface area contributed by atoms with Crippen molar-refractivity contribution in [3.63, 3.8) is 0 Å². The van der Waals surface area contributed by atoms with Gasteiger partial charge in [0.15, 0.2) is 0 Å². The lowest BCUT2D eigenvalue weighted by atomic mass is 10.2. The van der Waals surface area contributed by atoms with E-state index >= 15 is 0 Å². The molecule has 1 aliphatic rings. The summed E-state index contributed by atoms with van der Waals surface area (Å²) in [5.41, 5.74) is 0.347. The average Bonchev–Trinajstić information content (AvgIpc) is 3.02. The minimum atomic E-state index is -3.91. The van der Waals surface area contributed by atoms with Crippen molar-refractivity contribution in [2.24, 2.45) is 0 Å². The van der Waals surface area contributed by atoms with Gasteiger partial charge in [0.2, 0.25) is 6.10 Å². The molecule has 1 atom stereocenters. The van der Waals surface area contributed by atoms with E-state index in [1.165, 1.54) is 36.4 Å². The summed E-state index contributed by atoms with van der Waals surface area (Å²) in [6.07, 6.45) is -0.685.